The highest BCUT2D eigenvalue weighted by atomic mass is 16.5. The third-order valence-corrected chi connectivity index (χ3v) is 5.71. The molecule has 0 radical (unpaired) electrons. The van der Waals surface area contributed by atoms with E-state index in [9.17, 15) is 9.90 Å². The van der Waals surface area contributed by atoms with Gasteiger partial charge < -0.3 is 35.3 Å². The first-order valence-corrected chi connectivity index (χ1v) is 10.3. The van der Waals surface area contributed by atoms with Gasteiger partial charge in [-0.3, -0.25) is 14.4 Å². The van der Waals surface area contributed by atoms with Gasteiger partial charge in [0.25, 0.3) is 12.9 Å². The van der Waals surface area contributed by atoms with Gasteiger partial charge in [-0.1, -0.05) is 6.92 Å². The molecular formula is C20H34N4O7. The van der Waals surface area contributed by atoms with Crippen LogP contribution in [0.15, 0.2) is 12.4 Å². The number of rotatable bonds is 5. The number of likely N-dealkylation sites (tertiary alicyclic amines) is 1. The second kappa shape index (κ2) is 13.0. The van der Waals surface area contributed by atoms with Crippen LogP contribution in [0.4, 0.5) is 0 Å². The molecule has 0 saturated carbocycles. The predicted molar refractivity (Wildman–Crippen MR) is 111 cm³/mol. The Morgan fingerprint density at radius 1 is 1.35 bits per heavy atom. The van der Waals surface area contributed by atoms with Crippen LogP contribution in [0.5, 0.6) is 0 Å². The molecule has 1 spiro atoms. The highest BCUT2D eigenvalue weighted by molar-refractivity contribution is 5.76. The monoisotopic (exact) mass is 442 g/mol. The van der Waals surface area contributed by atoms with Gasteiger partial charge in [0, 0.05) is 51.3 Å². The van der Waals surface area contributed by atoms with E-state index in [0.29, 0.717) is 12.8 Å². The summed E-state index contributed by atoms with van der Waals surface area (Å²) in [6.45, 7) is 6.47. The van der Waals surface area contributed by atoms with Crippen molar-refractivity contribution in [1.29, 1.82) is 0 Å². The third kappa shape index (κ3) is 8.27. The molecule has 1 aromatic heterocycles. The van der Waals surface area contributed by atoms with Crippen LogP contribution in [0.1, 0.15) is 45.4 Å². The zero-order valence-corrected chi connectivity index (χ0v) is 18.1. The molecule has 5 N–H and O–H groups in total. The van der Waals surface area contributed by atoms with E-state index in [1.165, 1.54) is 0 Å². The Hall–Kier alpha value is -2.50. The number of hydrogen-bond acceptors (Lipinski definition) is 7. The lowest BCUT2D eigenvalue weighted by atomic mass is 9.74. The summed E-state index contributed by atoms with van der Waals surface area (Å²) in [5, 5.41) is 27.2. The molecule has 1 amide bonds. The number of carboxylic acid groups (broad SMARTS) is 2. The Bertz CT molecular complexity index is 656. The molecular weight excluding hydrogens is 408 g/mol. The second-order valence-corrected chi connectivity index (χ2v) is 7.84. The fourth-order valence-corrected chi connectivity index (χ4v) is 4.02. The van der Waals surface area contributed by atoms with E-state index in [4.69, 9.17) is 24.5 Å². The largest absolute Gasteiger partial charge is 0.483 e. The van der Waals surface area contributed by atoms with Crippen LogP contribution in [0.25, 0.3) is 0 Å². The first-order chi connectivity index (χ1) is 14.8. The number of H-pyrrole nitrogens is 1. The maximum absolute atomic E-state index is 11.9. The minimum absolute atomic E-state index is 0.0190. The van der Waals surface area contributed by atoms with Crippen molar-refractivity contribution in [3.8, 4) is 0 Å². The molecule has 0 bridgehead atoms. The maximum Gasteiger partial charge on any atom is 0.290 e. The Morgan fingerprint density at radius 2 is 1.97 bits per heavy atom. The lowest BCUT2D eigenvalue weighted by molar-refractivity contribution is -0.181. The average molecular weight is 443 g/mol. The van der Waals surface area contributed by atoms with Gasteiger partial charge in [-0.2, -0.15) is 0 Å². The minimum atomic E-state index is -0.661. The van der Waals surface area contributed by atoms with Gasteiger partial charge in [0.2, 0.25) is 5.91 Å². The summed E-state index contributed by atoms with van der Waals surface area (Å²) in [6, 6.07) is 0. The quantitative estimate of drug-likeness (QED) is 0.402. The van der Waals surface area contributed by atoms with E-state index in [0.717, 1.165) is 44.7 Å². The van der Waals surface area contributed by atoms with Crippen molar-refractivity contribution >= 4 is 18.9 Å². The number of aliphatic hydroxyl groups excluding tert-OH is 1. The molecule has 2 aliphatic heterocycles. The van der Waals surface area contributed by atoms with Crippen molar-refractivity contribution in [3.63, 3.8) is 0 Å². The van der Waals surface area contributed by atoms with Crippen LogP contribution in [0.3, 0.4) is 0 Å². The lowest BCUT2D eigenvalue weighted by Crippen LogP contribution is -2.65. The Balaban J connectivity index is 0.000000720. The van der Waals surface area contributed by atoms with Gasteiger partial charge in [-0.15, -0.1) is 0 Å². The summed E-state index contributed by atoms with van der Waals surface area (Å²) in [4.78, 5) is 38.4. The Labute approximate surface area is 181 Å². The van der Waals surface area contributed by atoms with Gasteiger partial charge in [0.05, 0.1) is 17.7 Å². The summed E-state index contributed by atoms with van der Waals surface area (Å²) in [6.07, 6.45) is 6.84. The number of ether oxygens (including phenoxy) is 1. The van der Waals surface area contributed by atoms with Crippen molar-refractivity contribution < 1.29 is 34.4 Å². The van der Waals surface area contributed by atoms with Crippen molar-refractivity contribution in [3.05, 3.63) is 18.2 Å². The topological polar surface area (TPSA) is 165 Å². The molecule has 3 rings (SSSR count). The number of aromatic nitrogens is 2. The SMILES string of the molecule is CCC(=O)N[C@]1(C)CC2(CCN(CCc3ncc[nH]3)CC2)OC[C@H]1O.O=CO.O=CO. The van der Waals surface area contributed by atoms with E-state index >= 15 is 0 Å². The molecule has 2 aliphatic rings. The number of carbonyl (C=O) groups is 3. The molecule has 0 aromatic carbocycles. The van der Waals surface area contributed by atoms with Crippen LogP contribution in [0, 0.1) is 0 Å². The normalized spacial score (nSPS) is 24.7. The zero-order chi connectivity index (χ0) is 23.3. The standard InChI is InChI=1S/C18H30N4O3.2CH2O2/c1-3-16(24)21-17(2)13-18(25-12-14(17)23)5-10-22(11-6-18)9-4-15-19-7-8-20-15;2*2-1-3/h7-8,14,23H,3-6,9-13H2,1-2H3,(H,19,20)(H,21,24);2*1H,(H,2,3)/t14-,17-;;/m1../s1. The number of hydrogen-bond donors (Lipinski definition) is 5. The summed E-state index contributed by atoms with van der Waals surface area (Å²) in [5.41, 5.74) is -0.849. The highest BCUT2D eigenvalue weighted by Gasteiger charge is 2.49. The average Bonchev–Trinajstić information content (AvgIpc) is 3.25. The summed E-state index contributed by atoms with van der Waals surface area (Å²) in [5.74, 6) is 1.00. The molecule has 176 valence electrons. The number of aliphatic hydroxyl groups is 1. The van der Waals surface area contributed by atoms with Gasteiger partial charge in [-0.05, 0) is 19.8 Å². The first-order valence-electron chi connectivity index (χ1n) is 10.3. The van der Waals surface area contributed by atoms with Gasteiger partial charge >= 0.3 is 0 Å². The highest BCUT2D eigenvalue weighted by Crippen LogP contribution is 2.39. The predicted octanol–water partition coefficient (Wildman–Crippen LogP) is 0.255. The summed E-state index contributed by atoms with van der Waals surface area (Å²) < 4.78 is 6.08. The van der Waals surface area contributed by atoms with E-state index in [1.807, 2.05) is 20.0 Å². The molecule has 2 saturated heterocycles. The molecule has 3 heterocycles. The first kappa shape index (κ1) is 26.5. The lowest BCUT2D eigenvalue weighted by Gasteiger charge is -2.52. The number of nitrogens with one attached hydrogen (secondary N) is 2. The van der Waals surface area contributed by atoms with Crippen molar-refractivity contribution in [2.75, 3.05) is 26.2 Å². The van der Waals surface area contributed by atoms with Crippen LogP contribution >= 0.6 is 0 Å². The third-order valence-electron chi connectivity index (χ3n) is 5.71. The van der Waals surface area contributed by atoms with Crippen LogP contribution in [0.2, 0.25) is 0 Å². The fourth-order valence-electron chi connectivity index (χ4n) is 4.02. The van der Waals surface area contributed by atoms with E-state index in [2.05, 4.69) is 20.2 Å². The molecule has 0 aliphatic carbocycles. The smallest absolute Gasteiger partial charge is 0.290 e. The molecule has 31 heavy (non-hydrogen) atoms. The van der Waals surface area contributed by atoms with Gasteiger partial charge in [-0.25, -0.2) is 4.98 Å². The number of nitrogens with zero attached hydrogens (tertiary/aromatic N) is 2. The van der Waals surface area contributed by atoms with Crippen LogP contribution in [-0.4, -0.2) is 92.5 Å². The van der Waals surface area contributed by atoms with E-state index < -0.39 is 11.6 Å². The minimum Gasteiger partial charge on any atom is -0.483 e. The van der Waals surface area contributed by atoms with Crippen LogP contribution < -0.4 is 5.32 Å². The number of imidazole rings is 1. The van der Waals surface area contributed by atoms with Crippen molar-refractivity contribution in [1.82, 2.24) is 20.2 Å². The number of carbonyl (C=O) groups excluding carboxylic acids is 1. The van der Waals surface area contributed by atoms with E-state index in [1.54, 1.807) is 6.20 Å². The second-order valence-electron chi connectivity index (χ2n) is 7.84. The Kier molecular flexibility index (Phi) is 11.2. The summed E-state index contributed by atoms with van der Waals surface area (Å²) in [7, 11) is 0. The maximum atomic E-state index is 11.9. The number of amides is 1. The molecule has 0 unspecified atom stereocenters. The number of piperidine rings is 1. The fraction of sp³-hybridized carbons (Fsp3) is 0.700. The molecule has 2 fully saturated rings. The van der Waals surface area contributed by atoms with Crippen molar-refractivity contribution in [2.45, 2.75) is 63.2 Å². The molecule has 1 aromatic rings. The van der Waals surface area contributed by atoms with Crippen molar-refractivity contribution in [2.24, 2.45) is 0 Å². The molecule has 11 heteroatoms. The summed E-state index contributed by atoms with van der Waals surface area (Å²) >= 11 is 0. The van der Waals surface area contributed by atoms with E-state index in [-0.39, 0.29) is 31.1 Å². The van der Waals surface area contributed by atoms with Gasteiger partial charge in [0.1, 0.15) is 11.9 Å². The van der Waals surface area contributed by atoms with Crippen LogP contribution in [-0.2, 0) is 25.5 Å². The Morgan fingerprint density at radius 3 is 2.48 bits per heavy atom. The number of aromatic amines is 1. The van der Waals surface area contributed by atoms with Gasteiger partial charge in [0.15, 0.2) is 0 Å². The zero-order valence-electron chi connectivity index (χ0n) is 18.1. The molecule has 11 nitrogen and oxygen atoms in total. The molecule has 2 atom stereocenters.